The zero-order valence-corrected chi connectivity index (χ0v) is 23.5. The number of fused-ring (bicyclic) bond motifs is 7. The molecule has 6 nitrogen and oxygen atoms in total. The molecule has 0 amide bonds. The lowest BCUT2D eigenvalue weighted by molar-refractivity contribution is 0.559. The Hall–Kier alpha value is -4.14. The average Bonchev–Trinajstić information content (AvgIpc) is 3.47. The van der Waals surface area contributed by atoms with Crippen molar-refractivity contribution in [3.8, 4) is 0 Å². The van der Waals surface area contributed by atoms with Gasteiger partial charge in [-0.25, -0.2) is 16.8 Å². The van der Waals surface area contributed by atoms with Crippen LogP contribution in [0.2, 0.25) is 0 Å². The van der Waals surface area contributed by atoms with Gasteiger partial charge in [-0.15, -0.1) is 0 Å². The first-order chi connectivity index (χ1) is 19.2. The fraction of sp³-hybridized carbons (Fsp3) is 0.125. The van der Waals surface area contributed by atoms with Crippen molar-refractivity contribution in [3.05, 3.63) is 131 Å². The van der Waals surface area contributed by atoms with Crippen LogP contribution in [0.4, 0.5) is 11.4 Å². The number of nitrogens with zero attached hydrogens (tertiary/aromatic N) is 2. The Morgan fingerprint density at radius 2 is 1.05 bits per heavy atom. The van der Waals surface area contributed by atoms with Gasteiger partial charge < -0.3 is 0 Å². The normalized spacial score (nSPS) is 18.1. The third-order valence-electron chi connectivity index (χ3n) is 7.92. The van der Waals surface area contributed by atoms with Gasteiger partial charge in [0.1, 0.15) is 0 Å². The zero-order valence-electron chi connectivity index (χ0n) is 21.9. The molecule has 2 aliphatic rings. The monoisotopic (exact) mass is 566 g/mol. The van der Waals surface area contributed by atoms with Crippen molar-refractivity contribution < 1.29 is 16.8 Å². The first-order valence-corrected chi connectivity index (χ1v) is 15.9. The summed E-state index contributed by atoms with van der Waals surface area (Å²) in [6.07, 6.45) is 0. The van der Waals surface area contributed by atoms with Crippen LogP contribution in [-0.2, 0) is 20.0 Å². The lowest BCUT2D eigenvalue weighted by Gasteiger charge is -2.28. The third-order valence-corrected chi connectivity index (χ3v) is 11.5. The summed E-state index contributed by atoms with van der Waals surface area (Å²) in [7, 11) is -8.13. The van der Waals surface area contributed by atoms with Gasteiger partial charge in [-0.05, 0) is 49.6 Å². The molecule has 200 valence electrons. The quantitative estimate of drug-likeness (QED) is 0.244. The predicted molar refractivity (Wildman–Crippen MR) is 158 cm³/mol. The first kappa shape index (κ1) is 24.9. The molecule has 0 unspecified atom stereocenters. The molecule has 40 heavy (non-hydrogen) atoms. The van der Waals surface area contributed by atoms with E-state index in [1.807, 2.05) is 62.4 Å². The summed E-state index contributed by atoms with van der Waals surface area (Å²) in [6.45, 7) is 3.82. The topological polar surface area (TPSA) is 74.8 Å². The molecule has 2 aliphatic heterocycles. The maximum absolute atomic E-state index is 14.5. The van der Waals surface area contributed by atoms with E-state index in [-0.39, 0.29) is 9.79 Å². The van der Waals surface area contributed by atoms with Crippen molar-refractivity contribution in [2.24, 2.45) is 0 Å². The number of hydrogen-bond acceptors (Lipinski definition) is 4. The summed E-state index contributed by atoms with van der Waals surface area (Å²) in [6, 6.07) is 30.7. The van der Waals surface area contributed by atoms with E-state index in [9.17, 15) is 16.8 Å². The van der Waals surface area contributed by atoms with Crippen molar-refractivity contribution >= 4 is 42.2 Å². The smallest absolute Gasteiger partial charge is 0.256 e. The third kappa shape index (κ3) is 3.46. The molecular weight excluding hydrogens is 540 g/mol. The highest BCUT2D eigenvalue weighted by Gasteiger charge is 2.56. The molecule has 0 aliphatic carbocycles. The number of aryl methyl sites for hydroxylation is 2. The highest BCUT2D eigenvalue weighted by molar-refractivity contribution is 7.93. The molecule has 0 bridgehead atoms. The Balaban J connectivity index is 1.54. The fourth-order valence-corrected chi connectivity index (χ4v) is 9.37. The van der Waals surface area contributed by atoms with Gasteiger partial charge in [0.05, 0.1) is 33.2 Å². The molecule has 7 rings (SSSR count). The summed E-state index contributed by atoms with van der Waals surface area (Å²) in [5.74, 6) is 0. The number of benzene rings is 5. The van der Waals surface area contributed by atoms with Crippen LogP contribution >= 0.6 is 0 Å². The summed E-state index contributed by atoms with van der Waals surface area (Å²) in [5, 5.41) is 1.64. The van der Waals surface area contributed by atoms with Crippen LogP contribution in [0, 0.1) is 13.8 Å². The van der Waals surface area contributed by atoms with E-state index in [1.165, 1.54) is 8.61 Å². The van der Waals surface area contributed by atoms with E-state index in [1.54, 1.807) is 60.7 Å². The minimum atomic E-state index is -4.08. The van der Waals surface area contributed by atoms with Crippen LogP contribution in [0.25, 0.3) is 10.8 Å². The molecule has 5 aromatic rings. The molecule has 0 radical (unpaired) electrons. The highest BCUT2D eigenvalue weighted by Crippen LogP contribution is 2.62. The number of rotatable bonds is 4. The Kier molecular flexibility index (Phi) is 5.40. The minimum absolute atomic E-state index is 0.162. The molecule has 0 saturated carbocycles. The van der Waals surface area contributed by atoms with Crippen LogP contribution < -0.4 is 8.61 Å². The van der Waals surface area contributed by atoms with Crippen LogP contribution in [0.3, 0.4) is 0 Å². The number of anilines is 2. The van der Waals surface area contributed by atoms with Crippen molar-refractivity contribution in [2.45, 2.75) is 35.7 Å². The second-order valence-electron chi connectivity index (χ2n) is 10.4. The molecule has 0 saturated heterocycles. The molecule has 2 atom stereocenters. The van der Waals surface area contributed by atoms with Gasteiger partial charge in [-0.2, -0.15) is 0 Å². The van der Waals surface area contributed by atoms with Crippen LogP contribution in [-0.4, -0.2) is 16.8 Å². The summed E-state index contributed by atoms with van der Waals surface area (Å²) >= 11 is 0. The molecule has 8 heteroatoms. The van der Waals surface area contributed by atoms with E-state index in [2.05, 4.69) is 0 Å². The number of sulfonamides is 2. The lowest BCUT2D eigenvalue weighted by atomic mass is 9.99. The van der Waals surface area contributed by atoms with Gasteiger partial charge in [0.15, 0.2) is 0 Å². The summed E-state index contributed by atoms with van der Waals surface area (Å²) < 4.78 is 60.6. The Labute approximate surface area is 234 Å². The molecular formula is C32H26N2O4S2. The molecule has 0 N–H and O–H groups in total. The Morgan fingerprint density at radius 3 is 1.70 bits per heavy atom. The largest absolute Gasteiger partial charge is 0.264 e. The molecule has 0 fully saturated rings. The van der Waals surface area contributed by atoms with E-state index < -0.39 is 32.1 Å². The number of para-hydroxylation sites is 1. The number of hydrogen-bond donors (Lipinski definition) is 0. The van der Waals surface area contributed by atoms with E-state index in [0.717, 1.165) is 21.9 Å². The SMILES string of the molecule is Cc1ccc(S(=O)(=O)N2c3ccccc3[C@H]3[C@@H]2c2ccc4ccccc4c2N3S(=O)(=O)c2ccc(C)cc2)cc1. The van der Waals surface area contributed by atoms with Gasteiger partial charge in [0, 0.05) is 16.5 Å². The molecule has 0 aromatic heterocycles. The first-order valence-electron chi connectivity index (χ1n) is 13.0. The van der Waals surface area contributed by atoms with Gasteiger partial charge in [0.2, 0.25) is 0 Å². The maximum Gasteiger partial charge on any atom is 0.264 e. The van der Waals surface area contributed by atoms with Gasteiger partial charge in [-0.3, -0.25) is 8.61 Å². The second kappa shape index (κ2) is 8.68. The van der Waals surface area contributed by atoms with Crippen LogP contribution in [0.1, 0.15) is 34.3 Å². The van der Waals surface area contributed by atoms with Crippen molar-refractivity contribution in [1.82, 2.24) is 0 Å². The summed E-state index contributed by atoms with van der Waals surface area (Å²) in [5.41, 5.74) is 4.22. The van der Waals surface area contributed by atoms with Crippen molar-refractivity contribution in [1.29, 1.82) is 0 Å². The zero-order chi connectivity index (χ0) is 27.8. The van der Waals surface area contributed by atoms with E-state index >= 15 is 0 Å². The maximum atomic E-state index is 14.5. The van der Waals surface area contributed by atoms with Crippen molar-refractivity contribution in [3.63, 3.8) is 0 Å². The molecule has 0 spiro atoms. The standard InChI is InChI=1S/C32H26N2O4S2/c1-21-11-16-24(17-12-21)39(35,36)33-29-10-6-5-9-27(29)31-32(33)28-20-15-23-7-3-4-8-26(23)30(28)34(31)40(37,38)25-18-13-22(2)14-19-25/h3-20,31-32H,1-2H3/t31-,32-/m0/s1. The average molecular weight is 567 g/mol. The minimum Gasteiger partial charge on any atom is -0.256 e. The molecule has 5 aromatic carbocycles. The van der Waals surface area contributed by atoms with Crippen molar-refractivity contribution in [2.75, 3.05) is 8.61 Å². The van der Waals surface area contributed by atoms with Crippen LogP contribution in [0.15, 0.2) is 119 Å². The molecule has 2 heterocycles. The fourth-order valence-electron chi connectivity index (χ4n) is 6.03. The van der Waals surface area contributed by atoms with E-state index in [0.29, 0.717) is 22.5 Å². The Bertz CT molecular complexity index is 2020. The predicted octanol–water partition coefficient (Wildman–Crippen LogP) is 6.66. The Morgan fingerprint density at radius 1 is 0.525 bits per heavy atom. The van der Waals surface area contributed by atoms with Gasteiger partial charge >= 0.3 is 0 Å². The van der Waals surface area contributed by atoms with Gasteiger partial charge in [0.25, 0.3) is 20.0 Å². The lowest BCUT2D eigenvalue weighted by Crippen LogP contribution is -2.36. The van der Waals surface area contributed by atoms with Gasteiger partial charge in [-0.1, -0.05) is 90.0 Å². The van der Waals surface area contributed by atoms with E-state index in [4.69, 9.17) is 0 Å². The van der Waals surface area contributed by atoms with Crippen LogP contribution in [0.5, 0.6) is 0 Å². The summed E-state index contributed by atoms with van der Waals surface area (Å²) in [4.78, 5) is 0.325. The highest BCUT2D eigenvalue weighted by atomic mass is 32.2. The second-order valence-corrected chi connectivity index (χ2v) is 14.0.